The molecule has 0 radical (unpaired) electrons. The quantitative estimate of drug-likeness (QED) is 0.765. The maximum atomic E-state index is 12.4. The van der Waals surface area contributed by atoms with Crippen LogP contribution in [-0.4, -0.2) is 43.6 Å². The van der Waals surface area contributed by atoms with Crippen molar-refractivity contribution in [2.45, 2.75) is 31.7 Å². The Morgan fingerprint density at radius 1 is 1.24 bits per heavy atom. The first-order chi connectivity index (χ1) is 11.8. The molecule has 5 heteroatoms. The maximum Gasteiger partial charge on any atom is 0.222 e. The van der Waals surface area contributed by atoms with Gasteiger partial charge in [-0.25, -0.2) is 0 Å². The highest BCUT2D eigenvalue weighted by Crippen LogP contribution is 2.25. The second-order valence-electron chi connectivity index (χ2n) is 6.37. The van der Waals surface area contributed by atoms with E-state index in [4.69, 9.17) is 4.74 Å². The molecular formula is C20H27ClN2O2. The summed E-state index contributed by atoms with van der Waals surface area (Å²) in [5.74, 6) is 1.16. The average Bonchev–Trinajstić information content (AvgIpc) is 3.07. The lowest BCUT2D eigenvalue weighted by Crippen LogP contribution is -2.40. The minimum absolute atomic E-state index is 0. The topological polar surface area (TPSA) is 41.6 Å². The van der Waals surface area contributed by atoms with E-state index in [-0.39, 0.29) is 18.3 Å². The van der Waals surface area contributed by atoms with Gasteiger partial charge in [-0.3, -0.25) is 4.79 Å². The summed E-state index contributed by atoms with van der Waals surface area (Å²) in [7, 11) is 1.94. The van der Waals surface area contributed by atoms with Gasteiger partial charge in [0.1, 0.15) is 5.75 Å². The summed E-state index contributed by atoms with van der Waals surface area (Å²) >= 11 is 0. The van der Waals surface area contributed by atoms with Gasteiger partial charge < -0.3 is 15.0 Å². The number of nitrogens with one attached hydrogen (secondary N) is 1. The van der Waals surface area contributed by atoms with Crippen molar-refractivity contribution in [2.24, 2.45) is 0 Å². The predicted octanol–water partition coefficient (Wildman–Crippen LogP) is 3.63. The van der Waals surface area contributed by atoms with E-state index in [1.54, 1.807) is 0 Å². The Morgan fingerprint density at radius 3 is 2.88 bits per heavy atom. The molecule has 1 amide bonds. The van der Waals surface area contributed by atoms with E-state index >= 15 is 0 Å². The van der Waals surface area contributed by atoms with Crippen molar-refractivity contribution in [1.29, 1.82) is 0 Å². The number of nitrogens with zero attached hydrogens (tertiary/aromatic N) is 1. The normalized spacial score (nSPS) is 16.7. The molecule has 3 rings (SSSR count). The van der Waals surface area contributed by atoms with E-state index in [1.165, 1.54) is 5.39 Å². The van der Waals surface area contributed by atoms with Crippen molar-refractivity contribution in [3.05, 3.63) is 42.5 Å². The predicted molar refractivity (Wildman–Crippen MR) is 105 cm³/mol. The number of ether oxygens (including phenoxy) is 1. The first kappa shape index (κ1) is 19.5. The van der Waals surface area contributed by atoms with Crippen LogP contribution in [0.25, 0.3) is 10.8 Å². The first-order valence-electron chi connectivity index (χ1n) is 8.84. The molecular weight excluding hydrogens is 336 g/mol. The number of halogens is 1. The molecule has 1 unspecified atom stereocenters. The zero-order valence-electron chi connectivity index (χ0n) is 14.7. The summed E-state index contributed by atoms with van der Waals surface area (Å²) in [4.78, 5) is 14.4. The Kier molecular flexibility index (Phi) is 7.53. The molecule has 0 saturated carbocycles. The number of carbonyl (C=O) groups excluding carboxylic acids is 1. The standard InChI is InChI=1S/C20H26N2O2.ClH/c1-21-15-17-9-5-13-22(17)20(23)12-6-14-24-19-11-4-8-16-7-2-3-10-18(16)19;/h2-4,7-8,10-11,17,21H,5-6,9,12-15H2,1H3;1H. The molecule has 1 fully saturated rings. The third-order valence-electron chi connectivity index (χ3n) is 4.68. The van der Waals surface area contributed by atoms with E-state index in [1.807, 2.05) is 36.2 Å². The van der Waals surface area contributed by atoms with Crippen LogP contribution in [0.2, 0.25) is 0 Å². The summed E-state index contributed by atoms with van der Waals surface area (Å²) in [6.45, 7) is 2.36. The zero-order valence-corrected chi connectivity index (χ0v) is 15.6. The summed E-state index contributed by atoms with van der Waals surface area (Å²) in [6.07, 6.45) is 3.54. The van der Waals surface area contributed by atoms with Crippen LogP contribution in [0.15, 0.2) is 42.5 Å². The summed E-state index contributed by atoms with van der Waals surface area (Å²) in [5.41, 5.74) is 0. The van der Waals surface area contributed by atoms with Crippen molar-refractivity contribution < 1.29 is 9.53 Å². The first-order valence-corrected chi connectivity index (χ1v) is 8.84. The highest BCUT2D eigenvalue weighted by atomic mass is 35.5. The van der Waals surface area contributed by atoms with Crippen LogP contribution in [0.5, 0.6) is 5.75 Å². The Balaban J connectivity index is 0.00000225. The molecule has 4 nitrogen and oxygen atoms in total. The Morgan fingerprint density at radius 2 is 2.04 bits per heavy atom. The van der Waals surface area contributed by atoms with E-state index in [0.29, 0.717) is 19.1 Å². The third kappa shape index (κ3) is 4.86. The molecule has 0 bridgehead atoms. The Bertz CT molecular complexity index is 687. The van der Waals surface area contributed by atoms with Gasteiger partial charge in [0.25, 0.3) is 0 Å². The number of likely N-dealkylation sites (N-methyl/N-ethyl adjacent to an activating group) is 1. The molecule has 25 heavy (non-hydrogen) atoms. The Hall–Kier alpha value is -1.78. The number of likely N-dealkylation sites (tertiary alicyclic amines) is 1. The number of fused-ring (bicyclic) bond motifs is 1. The monoisotopic (exact) mass is 362 g/mol. The van der Waals surface area contributed by atoms with E-state index in [0.717, 1.165) is 43.5 Å². The van der Waals surface area contributed by atoms with Gasteiger partial charge >= 0.3 is 0 Å². The number of benzene rings is 2. The van der Waals surface area contributed by atoms with Crippen LogP contribution in [0.1, 0.15) is 25.7 Å². The van der Waals surface area contributed by atoms with Gasteiger partial charge in [0.15, 0.2) is 0 Å². The summed E-state index contributed by atoms with van der Waals surface area (Å²) < 4.78 is 5.92. The largest absolute Gasteiger partial charge is 0.493 e. The molecule has 0 aromatic heterocycles. The lowest BCUT2D eigenvalue weighted by atomic mass is 10.1. The molecule has 2 aromatic rings. The number of rotatable bonds is 7. The van der Waals surface area contributed by atoms with E-state index < -0.39 is 0 Å². The lowest BCUT2D eigenvalue weighted by Gasteiger charge is -2.24. The van der Waals surface area contributed by atoms with Crippen LogP contribution < -0.4 is 10.1 Å². The highest BCUT2D eigenvalue weighted by molar-refractivity contribution is 5.88. The fourth-order valence-corrected chi connectivity index (χ4v) is 3.48. The van der Waals surface area contributed by atoms with Crippen LogP contribution in [-0.2, 0) is 4.79 Å². The van der Waals surface area contributed by atoms with Crippen LogP contribution in [0, 0.1) is 0 Å². The molecule has 1 aliphatic heterocycles. The zero-order chi connectivity index (χ0) is 16.8. The van der Waals surface area contributed by atoms with Crippen LogP contribution in [0.3, 0.4) is 0 Å². The molecule has 1 heterocycles. The molecule has 1 N–H and O–H groups in total. The number of carbonyl (C=O) groups is 1. The fraction of sp³-hybridized carbons (Fsp3) is 0.450. The van der Waals surface area contributed by atoms with Gasteiger partial charge in [-0.1, -0.05) is 36.4 Å². The second kappa shape index (κ2) is 9.64. The van der Waals surface area contributed by atoms with Gasteiger partial charge in [0, 0.05) is 30.9 Å². The summed E-state index contributed by atoms with van der Waals surface area (Å²) in [6, 6.07) is 14.7. The lowest BCUT2D eigenvalue weighted by molar-refractivity contribution is -0.132. The third-order valence-corrected chi connectivity index (χ3v) is 4.68. The molecule has 136 valence electrons. The van der Waals surface area contributed by atoms with Crippen molar-refractivity contribution in [1.82, 2.24) is 10.2 Å². The average molecular weight is 363 g/mol. The molecule has 1 saturated heterocycles. The minimum atomic E-state index is 0. The van der Waals surface area contributed by atoms with Gasteiger partial charge in [-0.05, 0) is 37.8 Å². The van der Waals surface area contributed by atoms with Gasteiger partial charge in [-0.15, -0.1) is 12.4 Å². The maximum absolute atomic E-state index is 12.4. The SMILES string of the molecule is CNCC1CCCN1C(=O)CCCOc1cccc2ccccc12.Cl. The molecule has 0 aliphatic carbocycles. The smallest absolute Gasteiger partial charge is 0.222 e. The molecule has 2 aromatic carbocycles. The van der Waals surface area contributed by atoms with E-state index in [9.17, 15) is 4.79 Å². The molecule has 1 atom stereocenters. The fourth-order valence-electron chi connectivity index (χ4n) is 3.48. The van der Waals surface area contributed by atoms with Gasteiger partial charge in [-0.2, -0.15) is 0 Å². The van der Waals surface area contributed by atoms with E-state index in [2.05, 4.69) is 23.5 Å². The highest BCUT2D eigenvalue weighted by Gasteiger charge is 2.27. The van der Waals surface area contributed by atoms with Crippen molar-refractivity contribution in [2.75, 3.05) is 26.7 Å². The van der Waals surface area contributed by atoms with Gasteiger partial charge in [0.2, 0.25) is 5.91 Å². The van der Waals surface area contributed by atoms with Gasteiger partial charge in [0.05, 0.1) is 6.61 Å². The molecule has 0 spiro atoms. The van der Waals surface area contributed by atoms with Crippen molar-refractivity contribution >= 4 is 29.1 Å². The minimum Gasteiger partial charge on any atom is -0.493 e. The van der Waals surface area contributed by atoms with Crippen molar-refractivity contribution in [3.8, 4) is 5.75 Å². The van der Waals surface area contributed by atoms with Crippen LogP contribution >= 0.6 is 12.4 Å². The number of hydrogen-bond donors (Lipinski definition) is 1. The summed E-state index contributed by atoms with van der Waals surface area (Å²) in [5, 5.41) is 5.49. The number of hydrogen-bond acceptors (Lipinski definition) is 3. The number of amides is 1. The second-order valence-corrected chi connectivity index (χ2v) is 6.37. The molecule has 1 aliphatic rings. The Labute approximate surface area is 155 Å². The van der Waals surface area contributed by atoms with Crippen molar-refractivity contribution in [3.63, 3.8) is 0 Å². The van der Waals surface area contributed by atoms with Crippen LogP contribution in [0.4, 0.5) is 0 Å².